The van der Waals surface area contributed by atoms with Gasteiger partial charge >= 0.3 is 0 Å². The molecule has 0 saturated carbocycles. The zero-order valence-corrected chi connectivity index (χ0v) is 75.9. The molecule has 24 aromatic carbocycles. The van der Waals surface area contributed by atoms with E-state index in [-0.39, 0.29) is 0 Å². The number of nitrogens with zero attached hydrogens (tertiary/aromatic N) is 4. The summed E-state index contributed by atoms with van der Waals surface area (Å²) in [7, 11) is -2.98. The molecule has 0 bridgehead atoms. The summed E-state index contributed by atoms with van der Waals surface area (Å²) in [5.74, 6) is 0. The van der Waals surface area contributed by atoms with E-state index in [2.05, 4.69) is 540 Å². The fraction of sp³-hybridized carbons (Fsp3) is 0. The number of hydrogen-bond acceptors (Lipinski definition) is 0. The second-order valence-corrected chi connectivity index (χ2v) is 40.2. The maximum atomic E-state index is 2.58. The lowest BCUT2D eigenvalue weighted by molar-refractivity contribution is 1.18. The maximum absolute atomic E-state index is 2.98. The minimum absolute atomic E-state index is 1.17. The first-order chi connectivity index (χ1) is 68.0. The van der Waals surface area contributed by atoms with Crippen LogP contribution in [-0.2, 0) is 0 Å². The number of para-hydroxylation sites is 6. The molecule has 0 unspecified atom stereocenters. The van der Waals surface area contributed by atoms with Gasteiger partial charge in [0.25, 0.3) is 0 Å². The molecule has 0 amide bonds. The standard InChI is InChI=1S/C66H44N2Si.C66H42N2/c1-5-21-47(22-6-1)67-61-35-19-17-32-55(61)58-41-45(37-39-63(58)67)46-38-40-64-59(42-46)56-33-18-20-36-62(56)68(64)65-44-51(43-60-54-31-14-13-29-52(54)53-30-15-16-34-57(53)66(60)65)69(48-23-7-2-8-24-48,49-25-9-3-10-26-49)50-27-11-4-12-28-50;1-4-18-43(19-5-1)47-36-48(44-20-6-2-7-21-44)38-49(37-47)50-41-60-54-26-11-10-24-52(54)53-25-12-13-29-57(53)66(60)65(42-50)68-62-31-17-15-28-56(62)59-40-46(33-35-64(59)68)45-32-34-63-58(39-45)55-27-14-16-30-61(55)67(63)51-22-8-3-9-23-51/h1-44H;1-42H. The Bertz CT molecular complexity index is 9540. The number of rotatable bonds is 13. The molecule has 0 saturated heterocycles. The Morgan fingerprint density at radius 2 is 0.343 bits per heavy atom. The first-order valence-electron chi connectivity index (χ1n) is 47.4. The Balaban J connectivity index is 0.000000139. The van der Waals surface area contributed by atoms with Crippen LogP contribution in [0.25, 0.3) is 230 Å². The molecule has 5 heteroatoms. The number of fused-ring (bicyclic) bond motifs is 24. The zero-order valence-electron chi connectivity index (χ0n) is 74.9. The van der Waals surface area contributed by atoms with E-state index in [1.54, 1.807) is 0 Å². The van der Waals surface area contributed by atoms with Gasteiger partial charge in [0.15, 0.2) is 8.07 Å². The molecule has 0 aliphatic heterocycles. The van der Waals surface area contributed by atoms with Crippen LogP contribution in [0.2, 0.25) is 0 Å². The molecular formula is C132H86N4Si. The minimum Gasteiger partial charge on any atom is -0.309 e. The van der Waals surface area contributed by atoms with Crippen molar-refractivity contribution < 1.29 is 0 Å². The molecule has 0 radical (unpaired) electrons. The van der Waals surface area contributed by atoms with Gasteiger partial charge in [-0.2, -0.15) is 0 Å². The molecule has 4 heterocycles. The summed E-state index contributed by atoms with van der Waals surface area (Å²) in [6.07, 6.45) is 0. The van der Waals surface area contributed by atoms with Crippen molar-refractivity contribution in [2.45, 2.75) is 0 Å². The third-order valence-corrected chi connectivity index (χ3v) is 33.8. The summed E-state index contributed by atoms with van der Waals surface area (Å²) in [6.45, 7) is 0. The van der Waals surface area contributed by atoms with Crippen LogP contribution in [0.4, 0.5) is 0 Å². The van der Waals surface area contributed by atoms with Gasteiger partial charge in [-0.25, -0.2) is 0 Å². The summed E-state index contributed by atoms with van der Waals surface area (Å²) < 4.78 is 9.90. The molecule has 137 heavy (non-hydrogen) atoms. The van der Waals surface area contributed by atoms with Crippen molar-refractivity contribution in [2.75, 3.05) is 0 Å². The highest BCUT2D eigenvalue weighted by atomic mass is 28.3. The second-order valence-electron chi connectivity index (χ2n) is 36.4. The largest absolute Gasteiger partial charge is 0.309 e. The van der Waals surface area contributed by atoms with E-state index in [9.17, 15) is 0 Å². The molecule has 4 aromatic heterocycles. The van der Waals surface area contributed by atoms with E-state index < -0.39 is 8.07 Å². The lowest BCUT2D eigenvalue weighted by Gasteiger charge is -2.35. The highest BCUT2D eigenvalue weighted by Gasteiger charge is 2.43. The molecule has 0 aliphatic rings. The zero-order chi connectivity index (χ0) is 90.2. The molecule has 0 N–H and O–H groups in total. The van der Waals surface area contributed by atoms with Crippen molar-refractivity contribution in [3.05, 3.63) is 522 Å². The third kappa shape index (κ3) is 12.7. The van der Waals surface area contributed by atoms with E-state index in [0.717, 1.165) is 0 Å². The number of aromatic nitrogens is 4. The number of hydrogen-bond donors (Lipinski definition) is 0. The average molecular weight is 1760 g/mol. The average Bonchev–Trinajstić information content (AvgIpc) is 1.68. The maximum Gasteiger partial charge on any atom is 0.179 e. The highest BCUT2D eigenvalue weighted by molar-refractivity contribution is 7.20. The van der Waals surface area contributed by atoms with Gasteiger partial charge in [0.2, 0.25) is 0 Å². The van der Waals surface area contributed by atoms with E-state index in [1.165, 1.54) is 251 Å². The van der Waals surface area contributed by atoms with Gasteiger partial charge in [-0.05, 0) is 264 Å². The van der Waals surface area contributed by atoms with Gasteiger partial charge in [-0.15, -0.1) is 0 Å². The third-order valence-electron chi connectivity index (χ3n) is 29.0. The molecule has 28 rings (SSSR count). The van der Waals surface area contributed by atoms with Crippen LogP contribution in [0.1, 0.15) is 0 Å². The summed E-state index contributed by atoms with van der Waals surface area (Å²) in [5.41, 5.74) is 26.2. The normalized spacial score (nSPS) is 11.9. The van der Waals surface area contributed by atoms with Crippen LogP contribution in [-0.4, -0.2) is 26.3 Å². The van der Waals surface area contributed by atoms with Crippen molar-refractivity contribution in [3.8, 4) is 78.4 Å². The smallest absolute Gasteiger partial charge is 0.179 e. The fourth-order valence-corrected chi connectivity index (χ4v) is 27.8. The second kappa shape index (κ2) is 32.3. The van der Waals surface area contributed by atoms with Crippen LogP contribution >= 0.6 is 0 Å². The van der Waals surface area contributed by atoms with Crippen molar-refractivity contribution in [3.63, 3.8) is 0 Å². The molecule has 28 aromatic rings. The van der Waals surface area contributed by atoms with Crippen molar-refractivity contribution in [2.24, 2.45) is 0 Å². The van der Waals surface area contributed by atoms with Crippen LogP contribution in [0, 0.1) is 0 Å². The fourth-order valence-electron chi connectivity index (χ4n) is 23.1. The molecule has 4 nitrogen and oxygen atoms in total. The van der Waals surface area contributed by atoms with Crippen LogP contribution in [0.3, 0.4) is 0 Å². The Morgan fingerprint density at radius 3 is 0.686 bits per heavy atom. The van der Waals surface area contributed by atoms with Crippen molar-refractivity contribution in [1.82, 2.24) is 18.3 Å². The van der Waals surface area contributed by atoms with Gasteiger partial charge in [-0.3, -0.25) is 0 Å². The quantitative estimate of drug-likeness (QED) is 0.0623. The minimum atomic E-state index is -2.98. The van der Waals surface area contributed by atoms with Gasteiger partial charge in [-0.1, -0.05) is 388 Å². The summed E-state index contributed by atoms with van der Waals surface area (Å²) in [6, 6.07) is 194. The number of benzene rings is 24. The molecule has 0 aliphatic carbocycles. The van der Waals surface area contributed by atoms with Gasteiger partial charge in [0.05, 0.1) is 55.5 Å². The molecule has 0 fully saturated rings. The van der Waals surface area contributed by atoms with Gasteiger partial charge < -0.3 is 18.3 Å². The van der Waals surface area contributed by atoms with E-state index in [0.29, 0.717) is 0 Å². The summed E-state index contributed by atoms with van der Waals surface area (Å²) >= 11 is 0. The van der Waals surface area contributed by atoms with Crippen molar-refractivity contribution >= 4 is 181 Å². The Kier molecular flexibility index (Phi) is 18.7. The van der Waals surface area contributed by atoms with E-state index in [4.69, 9.17) is 0 Å². The Hall–Kier alpha value is -17.7. The first kappa shape index (κ1) is 79.0. The topological polar surface area (TPSA) is 19.7 Å². The lowest BCUT2D eigenvalue weighted by Crippen LogP contribution is -2.74. The van der Waals surface area contributed by atoms with Crippen LogP contribution in [0.5, 0.6) is 0 Å². The van der Waals surface area contributed by atoms with E-state index >= 15 is 0 Å². The first-order valence-corrected chi connectivity index (χ1v) is 49.4. The monoisotopic (exact) mass is 1750 g/mol. The summed E-state index contributed by atoms with van der Waals surface area (Å²) in [5, 5.41) is 30.4. The molecule has 638 valence electrons. The molecule has 0 atom stereocenters. The predicted octanol–water partition coefficient (Wildman–Crippen LogP) is 32.4. The van der Waals surface area contributed by atoms with Gasteiger partial charge in [0.1, 0.15) is 0 Å². The predicted molar refractivity (Wildman–Crippen MR) is 586 cm³/mol. The van der Waals surface area contributed by atoms with Crippen LogP contribution in [0.15, 0.2) is 522 Å². The molecular weight excluding hydrogens is 1670 g/mol. The molecule has 0 spiro atoms. The van der Waals surface area contributed by atoms with Gasteiger partial charge in [0, 0.05) is 65.2 Å². The Labute approximate surface area is 793 Å². The Morgan fingerprint density at radius 1 is 0.117 bits per heavy atom. The SMILES string of the molecule is c1ccc(-c2cc(-c3ccccc3)cc(-c3cc(-n4c5ccccc5c5cc(-c6ccc7c(c6)c6ccccc6n7-c6ccccc6)ccc54)c4c5ccccc5c5ccccc5c4c3)c2)cc1.c1ccc(-n2c3ccccc3c3cc(-c4ccc5c(c4)c4ccccc4n5-c4cc([Si](c5ccccc5)(c5ccccc5)c5ccccc5)cc5c6ccccc6c6ccccc6c45)ccc32)cc1. The lowest BCUT2D eigenvalue weighted by atomic mass is 9.89. The van der Waals surface area contributed by atoms with E-state index in [1.807, 2.05) is 0 Å². The summed E-state index contributed by atoms with van der Waals surface area (Å²) in [4.78, 5) is 0. The van der Waals surface area contributed by atoms with Crippen molar-refractivity contribution in [1.29, 1.82) is 0 Å². The highest BCUT2D eigenvalue weighted by Crippen LogP contribution is 2.49. The van der Waals surface area contributed by atoms with Crippen LogP contribution < -0.4 is 20.7 Å².